The third-order valence-electron chi connectivity index (χ3n) is 5.08. The third-order valence-corrected chi connectivity index (χ3v) is 5.08. The monoisotopic (exact) mass is 287 g/mol. The van der Waals surface area contributed by atoms with Gasteiger partial charge < -0.3 is 10.2 Å². The molecule has 0 saturated carbocycles. The van der Waals surface area contributed by atoms with Gasteiger partial charge in [0.2, 0.25) is 0 Å². The lowest BCUT2D eigenvalue weighted by atomic mass is 10.0. The fourth-order valence-electron chi connectivity index (χ4n) is 3.74. The Kier molecular flexibility index (Phi) is 5.28. The van der Waals surface area contributed by atoms with Gasteiger partial charge in [0, 0.05) is 25.2 Å². The maximum atomic E-state index is 3.72. The molecule has 21 heavy (non-hydrogen) atoms. The van der Waals surface area contributed by atoms with Crippen LogP contribution in [0.15, 0.2) is 30.3 Å². The lowest BCUT2D eigenvalue weighted by molar-refractivity contribution is 0.127. The normalized spacial score (nSPS) is 29.2. The first kappa shape index (κ1) is 15.0. The summed E-state index contributed by atoms with van der Waals surface area (Å²) in [4.78, 5) is 5.25. The Labute approximate surface area is 129 Å². The van der Waals surface area contributed by atoms with Crippen molar-refractivity contribution in [3.63, 3.8) is 0 Å². The second kappa shape index (κ2) is 7.39. The van der Waals surface area contributed by atoms with E-state index in [-0.39, 0.29) is 0 Å². The minimum atomic E-state index is 0.489. The summed E-state index contributed by atoms with van der Waals surface area (Å²) in [7, 11) is 2.30. The highest BCUT2D eigenvalue weighted by molar-refractivity contribution is 5.19. The van der Waals surface area contributed by atoms with Gasteiger partial charge in [-0.2, -0.15) is 0 Å². The van der Waals surface area contributed by atoms with E-state index < -0.39 is 0 Å². The summed E-state index contributed by atoms with van der Waals surface area (Å²) in [6, 6.07) is 12.2. The summed E-state index contributed by atoms with van der Waals surface area (Å²) in [6.45, 7) is 6.03. The summed E-state index contributed by atoms with van der Waals surface area (Å²) >= 11 is 0. The Balaban J connectivity index is 1.62. The third kappa shape index (κ3) is 4.06. The maximum Gasteiger partial charge on any atom is 0.0449 e. The number of likely N-dealkylation sites (tertiary alicyclic amines) is 1. The minimum Gasteiger partial charge on any atom is -0.309 e. The zero-order valence-corrected chi connectivity index (χ0v) is 13.3. The van der Waals surface area contributed by atoms with Crippen LogP contribution in [-0.4, -0.2) is 55.6 Å². The van der Waals surface area contributed by atoms with Gasteiger partial charge in [-0.25, -0.2) is 0 Å². The number of piperidine rings is 1. The summed E-state index contributed by atoms with van der Waals surface area (Å²) in [5.41, 5.74) is 1.43. The number of hydrogen-bond acceptors (Lipinski definition) is 3. The van der Waals surface area contributed by atoms with Gasteiger partial charge in [0.25, 0.3) is 0 Å². The molecule has 2 unspecified atom stereocenters. The van der Waals surface area contributed by atoms with Crippen LogP contribution in [0.25, 0.3) is 0 Å². The van der Waals surface area contributed by atoms with Gasteiger partial charge >= 0.3 is 0 Å². The molecule has 2 atom stereocenters. The van der Waals surface area contributed by atoms with Crippen LogP contribution in [0.3, 0.4) is 0 Å². The largest absolute Gasteiger partial charge is 0.309 e. The van der Waals surface area contributed by atoms with E-state index in [2.05, 4.69) is 52.5 Å². The topological polar surface area (TPSA) is 18.5 Å². The van der Waals surface area contributed by atoms with Crippen molar-refractivity contribution in [2.45, 2.75) is 37.8 Å². The summed E-state index contributed by atoms with van der Waals surface area (Å²) in [6.07, 6.45) is 5.42. The number of hydrogen-bond donors (Lipinski definition) is 1. The van der Waals surface area contributed by atoms with Crippen LogP contribution < -0.4 is 5.32 Å². The van der Waals surface area contributed by atoms with E-state index in [0.717, 1.165) is 19.1 Å². The summed E-state index contributed by atoms with van der Waals surface area (Å²) < 4.78 is 0. The highest BCUT2D eigenvalue weighted by Gasteiger charge is 2.24. The molecular weight excluding hydrogens is 258 g/mol. The number of rotatable bonds is 3. The van der Waals surface area contributed by atoms with Crippen LogP contribution in [0, 0.1) is 0 Å². The SMILES string of the molecule is CN1CCCCC1CN1CCCNC(c2ccccc2)C1. The molecule has 0 aromatic heterocycles. The molecule has 3 heteroatoms. The quantitative estimate of drug-likeness (QED) is 0.921. The molecule has 1 N–H and O–H groups in total. The maximum absolute atomic E-state index is 3.72. The number of nitrogens with one attached hydrogen (secondary N) is 1. The van der Waals surface area contributed by atoms with Crippen molar-refractivity contribution in [2.24, 2.45) is 0 Å². The first-order valence-electron chi connectivity index (χ1n) is 8.54. The Bertz CT molecular complexity index is 420. The van der Waals surface area contributed by atoms with E-state index in [9.17, 15) is 0 Å². The number of benzene rings is 1. The van der Waals surface area contributed by atoms with E-state index in [4.69, 9.17) is 0 Å². The van der Waals surface area contributed by atoms with E-state index in [1.165, 1.54) is 50.9 Å². The Morgan fingerprint density at radius 1 is 1.10 bits per heavy atom. The van der Waals surface area contributed by atoms with Gasteiger partial charge in [-0.15, -0.1) is 0 Å². The average Bonchev–Trinajstić information content (AvgIpc) is 2.76. The molecule has 3 nitrogen and oxygen atoms in total. The van der Waals surface area contributed by atoms with Crippen molar-refractivity contribution in [1.82, 2.24) is 15.1 Å². The van der Waals surface area contributed by atoms with Crippen LogP contribution in [0.2, 0.25) is 0 Å². The molecular formula is C18H29N3. The molecule has 3 rings (SSSR count). The van der Waals surface area contributed by atoms with Crippen molar-refractivity contribution in [2.75, 3.05) is 39.8 Å². The van der Waals surface area contributed by atoms with Crippen LogP contribution in [-0.2, 0) is 0 Å². The van der Waals surface area contributed by atoms with Crippen molar-refractivity contribution in [1.29, 1.82) is 0 Å². The second-order valence-corrected chi connectivity index (χ2v) is 6.66. The smallest absolute Gasteiger partial charge is 0.0449 e. The fraction of sp³-hybridized carbons (Fsp3) is 0.667. The zero-order chi connectivity index (χ0) is 14.5. The minimum absolute atomic E-state index is 0.489. The van der Waals surface area contributed by atoms with Gasteiger partial charge in [-0.1, -0.05) is 36.8 Å². The standard InChI is InChI=1S/C18H29N3/c1-20-12-6-5-10-17(20)14-21-13-7-11-19-18(15-21)16-8-3-2-4-9-16/h2-4,8-9,17-19H,5-7,10-15H2,1H3. The van der Waals surface area contributed by atoms with E-state index in [1.807, 2.05) is 0 Å². The van der Waals surface area contributed by atoms with Gasteiger partial charge in [-0.3, -0.25) is 4.90 Å². The van der Waals surface area contributed by atoms with E-state index in [1.54, 1.807) is 0 Å². The lowest BCUT2D eigenvalue weighted by Gasteiger charge is -2.36. The molecule has 0 bridgehead atoms. The first-order valence-corrected chi connectivity index (χ1v) is 8.54. The molecule has 0 radical (unpaired) electrons. The van der Waals surface area contributed by atoms with Crippen LogP contribution in [0.4, 0.5) is 0 Å². The molecule has 0 spiro atoms. The molecule has 1 aromatic rings. The average molecular weight is 287 g/mol. The Morgan fingerprint density at radius 2 is 1.95 bits per heavy atom. The molecule has 116 valence electrons. The molecule has 1 aromatic carbocycles. The fourth-order valence-corrected chi connectivity index (χ4v) is 3.74. The van der Waals surface area contributed by atoms with Gasteiger partial charge in [0.05, 0.1) is 0 Å². The van der Waals surface area contributed by atoms with Crippen molar-refractivity contribution in [3.05, 3.63) is 35.9 Å². The Morgan fingerprint density at radius 3 is 2.76 bits per heavy atom. The summed E-state index contributed by atoms with van der Waals surface area (Å²) in [5, 5.41) is 3.72. The molecule has 2 fully saturated rings. The van der Waals surface area contributed by atoms with E-state index >= 15 is 0 Å². The molecule has 2 aliphatic heterocycles. The highest BCUT2D eigenvalue weighted by atomic mass is 15.2. The molecule has 0 aliphatic carbocycles. The van der Waals surface area contributed by atoms with Crippen molar-refractivity contribution < 1.29 is 0 Å². The van der Waals surface area contributed by atoms with Crippen LogP contribution >= 0.6 is 0 Å². The molecule has 0 amide bonds. The summed E-state index contributed by atoms with van der Waals surface area (Å²) in [5.74, 6) is 0. The van der Waals surface area contributed by atoms with E-state index in [0.29, 0.717) is 6.04 Å². The van der Waals surface area contributed by atoms with Gasteiger partial charge in [0.15, 0.2) is 0 Å². The number of likely N-dealkylation sites (N-methyl/N-ethyl adjacent to an activating group) is 1. The van der Waals surface area contributed by atoms with Crippen LogP contribution in [0.5, 0.6) is 0 Å². The number of nitrogens with zero attached hydrogens (tertiary/aromatic N) is 2. The highest BCUT2D eigenvalue weighted by Crippen LogP contribution is 2.20. The van der Waals surface area contributed by atoms with Gasteiger partial charge in [-0.05, 0) is 51.5 Å². The predicted molar refractivity (Wildman–Crippen MR) is 88.5 cm³/mol. The van der Waals surface area contributed by atoms with Crippen LogP contribution in [0.1, 0.15) is 37.3 Å². The molecule has 2 saturated heterocycles. The zero-order valence-electron chi connectivity index (χ0n) is 13.3. The molecule has 2 heterocycles. The first-order chi connectivity index (χ1) is 10.3. The lowest BCUT2D eigenvalue weighted by Crippen LogP contribution is -2.45. The van der Waals surface area contributed by atoms with Crippen molar-refractivity contribution >= 4 is 0 Å². The van der Waals surface area contributed by atoms with Gasteiger partial charge in [0.1, 0.15) is 0 Å². The second-order valence-electron chi connectivity index (χ2n) is 6.66. The van der Waals surface area contributed by atoms with Crippen molar-refractivity contribution in [3.8, 4) is 0 Å². The predicted octanol–water partition coefficient (Wildman–Crippen LogP) is 2.51. The molecule has 2 aliphatic rings. The Hall–Kier alpha value is -0.900.